The van der Waals surface area contributed by atoms with Crippen LogP contribution in [0, 0.1) is 0 Å². The van der Waals surface area contributed by atoms with Gasteiger partial charge in [-0.25, -0.2) is 0 Å². The predicted octanol–water partition coefficient (Wildman–Crippen LogP) is 1.51. The van der Waals surface area contributed by atoms with E-state index < -0.39 is 0 Å². The monoisotopic (exact) mass is 229 g/mol. The van der Waals surface area contributed by atoms with Crippen molar-refractivity contribution < 1.29 is 4.79 Å². The molecule has 0 radical (unpaired) electrons. The maximum atomic E-state index is 12.4. The normalized spacial score (nSPS) is 19.9. The van der Waals surface area contributed by atoms with Crippen LogP contribution in [0.2, 0.25) is 0 Å². The molecule has 1 aliphatic rings. The number of Topliss-reactive ketones (excluding diaryl/α,β-unsaturated/α-hetero) is 1. The second kappa shape index (κ2) is 3.96. The molecule has 4 nitrogen and oxygen atoms in total. The van der Waals surface area contributed by atoms with Crippen molar-refractivity contribution in [3.8, 4) is 0 Å². The van der Waals surface area contributed by atoms with Gasteiger partial charge in [0, 0.05) is 36.6 Å². The van der Waals surface area contributed by atoms with Crippen molar-refractivity contribution in [1.29, 1.82) is 0 Å². The number of carbonyl (C=O) groups is 1. The van der Waals surface area contributed by atoms with Gasteiger partial charge >= 0.3 is 0 Å². The highest BCUT2D eigenvalue weighted by molar-refractivity contribution is 6.10. The first kappa shape index (κ1) is 10.5. The minimum atomic E-state index is -0.0131. The summed E-state index contributed by atoms with van der Waals surface area (Å²) in [5.74, 6) is 0.195. The predicted molar refractivity (Wildman–Crippen MR) is 66.1 cm³/mol. The van der Waals surface area contributed by atoms with Crippen LogP contribution in [0.1, 0.15) is 23.2 Å². The Morgan fingerprint density at radius 2 is 2.47 bits per heavy atom. The third kappa shape index (κ3) is 1.65. The molecule has 0 amide bonds. The number of rotatable bonds is 2. The maximum absolute atomic E-state index is 12.4. The highest BCUT2D eigenvalue weighted by Gasteiger charge is 2.25. The van der Waals surface area contributed by atoms with Crippen LogP contribution in [-0.4, -0.2) is 27.9 Å². The molecule has 0 bridgehead atoms. The molecular weight excluding hydrogens is 214 g/mol. The Hall–Kier alpha value is -1.68. The minimum absolute atomic E-state index is 0.0131. The van der Waals surface area contributed by atoms with Crippen LogP contribution in [0.4, 0.5) is 0 Å². The lowest BCUT2D eigenvalue weighted by Crippen LogP contribution is -2.30. The van der Waals surface area contributed by atoms with E-state index in [-0.39, 0.29) is 11.8 Å². The number of fused-ring (bicyclic) bond motifs is 1. The van der Waals surface area contributed by atoms with Gasteiger partial charge in [-0.1, -0.05) is 0 Å². The molecule has 2 aromatic rings. The zero-order valence-corrected chi connectivity index (χ0v) is 9.81. The topological polar surface area (TPSA) is 46.9 Å². The Bertz CT molecular complexity index is 567. The van der Waals surface area contributed by atoms with Crippen molar-refractivity contribution in [2.75, 3.05) is 6.54 Å². The summed E-state index contributed by atoms with van der Waals surface area (Å²) in [6.45, 7) is 0.944. The van der Waals surface area contributed by atoms with Gasteiger partial charge in [0.1, 0.15) is 0 Å². The lowest BCUT2D eigenvalue weighted by molar-refractivity contribution is 0.0954. The van der Waals surface area contributed by atoms with Crippen molar-refractivity contribution in [3.63, 3.8) is 0 Å². The van der Waals surface area contributed by atoms with Gasteiger partial charge in [-0.05, 0) is 25.5 Å². The van der Waals surface area contributed by atoms with E-state index in [1.54, 1.807) is 12.4 Å². The average Bonchev–Trinajstić information content (AvgIpc) is 2.97. The lowest BCUT2D eigenvalue weighted by Gasteiger charge is -2.07. The van der Waals surface area contributed by atoms with Gasteiger partial charge in [0.2, 0.25) is 0 Å². The highest BCUT2D eigenvalue weighted by Crippen LogP contribution is 2.22. The molecule has 88 valence electrons. The van der Waals surface area contributed by atoms with Gasteiger partial charge in [0.05, 0.1) is 11.6 Å². The van der Waals surface area contributed by atoms with Gasteiger partial charge in [-0.2, -0.15) is 0 Å². The molecule has 0 saturated carbocycles. The number of aryl methyl sites for hydroxylation is 1. The number of nitrogens with one attached hydrogen (secondary N) is 1. The van der Waals surface area contributed by atoms with Gasteiger partial charge < -0.3 is 9.88 Å². The zero-order chi connectivity index (χ0) is 11.8. The summed E-state index contributed by atoms with van der Waals surface area (Å²) in [7, 11) is 1.96. The summed E-state index contributed by atoms with van der Waals surface area (Å²) in [6, 6.07) is 1.93. The molecule has 0 aromatic carbocycles. The number of hydrogen-bond acceptors (Lipinski definition) is 3. The van der Waals surface area contributed by atoms with E-state index in [1.165, 1.54) is 0 Å². The van der Waals surface area contributed by atoms with E-state index in [1.807, 2.05) is 23.9 Å². The molecule has 1 saturated heterocycles. The maximum Gasteiger partial charge on any atom is 0.181 e. The third-order valence-electron chi connectivity index (χ3n) is 3.43. The lowest BCUT2D eigenvalue weighted by atomic mass is 10.0. The van der Waals surface area contributed by atoms with Crippen molar-refractivity contribution in [1.82, 2.24) is 14.9 Å². The standard InChI is InChI=1S/C13H15N3O/c1-16-8-10(9-7-14-6-4-12(9)16)13(17)11-3-2-5-15-11/h4,6-8,11,15H,2-3,5H2,1H3. The quantitative estimate of drug-likeness (QED) is 0.794. The van der Waals surface area contributed by atoms with Crippen molar-refractivity contribution in [3.05, 3.63) is 30.2 Å². The van der Waals surface area contributed by atoms with Gasteiger partial charge in [0.15, 0.2) is 5.78 Å². The molecule has 17 heavy (non-hydrogen) atoms. The minimum Gasteiger partial charge on any atom is -0.350 e. The Kier molecular flexibility index (Phi) is 2.44. The van der Waals surface area contributed by atoms with Crippen molar-refractivity contribution in [2.24, 2.45) is 7.05 Å². The Morgan fingerprint density at radius 1 is 1.59 bits per heavy atom. The summed E-state index contributed by atoms with van der Waals surface area (Å²) in [5, 5.41) is 4.20. The summed E-state index contributed by atoms with van der Waals surface area (Å²) in [6.07, 6.45) is 7.46. The molecule has 1 N–H and O–H groups in total. The Labute approximate surface area is 99.6 Å². The number of hydrogen-bond donors (Lipinski definition) is 1. The molecular formula is C13H15N3O. The molecule has 4 heteroatoms. The van der Waals surface area contributed by atoms with E-state index >= 15 is 0 Å². The molecule has 3 rings (SSSR count). The first-order chi connectivity index (χ1) is 8.27. The highest BCUT2D eigenvalue weighted by atomic mass is 16.1. The molecule has 0 aliphatic carbocycles. The molecule has 2 aromatic heterocycles. The van der Waals surface area contributed by atoms with Crippen LogP contribution >= 0.6 is 0 Å². The van der Waals surface area contributed by atoms with Crippen LogP contribution in [0.15, 0.2) is 24.7 Å². The summed E-state index contributed by atoms with van der Waals surface area (Å²) >= 11 is 0. The molecule has 0 spiro atoms. The molecule has 1 atom stereocenters. The first-order valence-electron chi connectivity index (χ1n) is 5.94. The van der Waals surface area contributed by atoms with E-state index in [0.29, 0.717) is 0 Å². The molecule has 3 heterocycles. The van der Waals surface area contributed by atoms with E-state index in [4.69, 9.17) is 0 Å². The third-order valence-corrected chi connectivity index (χ3v) is 3.43. The number of carbonyl (C=O) groups excluding carboxylic acids is 1. The van der Waals surface area contributed by atoms with Gasteiger partial charge in [-0.15, -0.1) is 0 Å². The van der Waals surface area contributed by atoms with Gasteiger partial charge in [-0.3, -0.25) is 9.78 Å². The summed E-state index contributed by atoms with van der Waals surface area (Å²) in [4.78, 5) is 16.5. The average molecular weight is 229 g/mol. The molecule has 1 unspecified atom stereocenters. The fourth-order valence-electron chi connectivity index (χ4n) is 2.53. The first-order valence-corrected chi connectivity index (χ1v) is 5.94. The summed E-state index contributed by atoms with van der Waals surface area (Å²) < 4.78 is 1.99. The largest absolute Gasteiger partial charge is 0.350 e. The molecule has 1 aliphatic heterocycles. The van der Waals surface area contributed by atoms with Crippen molar-refractivity contribution in [2.45, 2.75) is 18.9 Å². The van der Waals surface area contributed by atoms with E-state index in [2.05, 4.69) is 10.3 Å². The Balaban J connectivity index is 2.08. The second-order valence-electron chi connectivity index (χ2n) is 4.56. The fourth-order valence-corrected chi connectivity index (χ4v) is 2.53. The number of pyridine rings is 1. The second-order valence-corrected chi connectivity index (χ2v) is 4.56. The smallest absolute Gasteiger partial charge is 0.181 e. The van der Waals surface area contributed by atoms with Crippen LogP contribution in [-0.2, 0) is 7.05 Å². The number of aromatic nitrogens is 2. The van der Waals surface area contributed by atoms with Crippen LogP contribution in [0.3, 0.4) is 0 Å². The fraction of sp³-hybridized carbons (Fsp3) is 0.385. The number of ketones is 1. The molecule has 1 fully saturated rings. The van der Waals surface area contributed by atoms with Crippen molar-refractivity contribution >= 4 is 16.7 Å². The van der Waals surface area contributed by atoms with Crippen LogP contribution < -0.4 is 5.32 Å². The van der Waals surface area contributed by atoms with E-state index in [0.717, 1.165) is 35.9 Å². The SMILES string of the molecule is Cn1cc(C(=O)C2CCCN2)c2cnccc21. The van der Waals surface area contributed by atoms with E-state index in [9.17, 15) is 4.79 Å². The van der Waals surface area contributed by atoms with Gasteiger partial charge in [0.25, 0.3) is 0 Å². The summed E-state index contributed by atoms with van der Waals surface area (Å²) in [5.41, 5.74) is 1.84. The Morgan fingerprint density at radius 3 is 3.24 bits per heavy atom. The zero-order valence-electron chi connectivity index (χ0n) is 9.81. The van der Waals surface area contributed by atoms with Crippen LogP contribution in [0.5, 0.6) is 0 Å². The van der Waals surface area contributed by atoms with Crippen LogP contribution in [0.25, 0.3) is 10.9 Å². The number of nitrogens with zero attached hydrogens (tertiary/aromatic N) is 2.